The molecule has 0 fully saturated rings. The van der Waals surface area contributed by atoms with Gasteiger partial charge < -0.3 is 9.47 Å². The lowest BCUT2D eigenvalue weighted by Crippen LogP contribution is -2.28. The molecular formula is C26H36F2O2. The zero-order valence-electron chi connectivity index (χ0n) is 18.4. The Labute approximate surface area is 180 Å². The van der Waals surface area contributed by atoms with Gasteiger partial charge in [-0.05, 0) is 29.7 Å². The van der Waals surface area contributed by atoms with E-state index in [0.29, 0.717) is 17.7 Å². The molecule has 0 spiro atoms. The van der Waals surface area contributed by atoms with Gasteiger partial charge in [0, 0.05) is 6.42 Å². The summed E-state index contributed by atoms with van der Waals surface area (Å²) in [5, 5.41) is 0. The highest BCUT2D eigenvalue weighted by Gasteiger charge is 2.41. The zero-order valence-corrected chi connectivity index (χ0v) is 18.4. The van der Waals surface area contributed by atoms with E-state index in [9.17, 15) is 0 Å². The number of benzene rings is 2. The van der Waals surface area contributed by atoms with Crippen LogP contribution in [-0.4, -0.2) is 13.0 Å². The molecule has 0 aliphatic rings. The molecule has 0 aliphatic carbocycles. The van der Waals surface area contributed by atoms with Crippen LogP contribution in [0.25, 0.3) is 0 Å². The van der Waals surface area contributed by atoms with Crippen molar-refractivity contribution in [2.45, 2.75) is 83.3 Å². The summed E-state index contributed by atoms with van der Waals surface area (Å²) in [5.41, 5.74) is 1.37. The Bertz CT molecular complexity index is 686. The van der Waals surface area contributed by atoms with Gasteiger partial charge in [-0.3, -0.25) is 0 Å². The molecule has 0 aliphatic heterocycles. The minimum Gasteiger partial charge on any atom is -0.497 e. The van der Waals surface area contributed by atoms with Crippen molar-refractivity contribution in [2.75, 3.05) is 7.11 Å². The molecule has 1 atom stereocenters. The number of alkyl halides is 2. The number of hydrogen-bond acceptors (Lipinski definition) is 2. The summed E-state index contributed by atoms with van der Waals surface area (Å²) in [6, 6.07) is 16.2. The van der Waals surface area contributed by atoms with Gasteiger partial charge in [-0.25, -0.2) is 8.78 Å². The smallest absolute Gasteiger partial charge is 0.277 e. The van der Waals surface area contributed by atoms with E-state index in [0.717, 1.165) is 24.8 Å². The van der Waals surface area contributed by atoms with Gasteiger partial charge in [0.15, 0.2) is 0 Å². The van der Waals surface area contributed by atoms with Crippen LogP contribution in [0.3, 0.4) is 0 Å². The van der Waals surface area contributed by atoms with E-state index >= 15 is 8.78 Å². The van der Waals surface area contributed by atoms with Crippen LogP contribution in [-0.2, 0) is 11.3 Å². The Morgan fingerprint density at radius 1 is 0.800 bits per heavy atom. The molecule has 2 nitrogen and oxygen atoms in total. The van der Waals surface area contributed by atoms with Crippen molar-refractivity contribution < 1.29 is 18.3 Å². The summed E-state index contributed by atoms with van der Waals surface area (Å²) in [7, 11) is 1.56. The lowest BCUT2D eigenvalue weighted by atomic mass is 9.97. The summed E-state index contributed by atoms with van der Waals surface area (Å²) in [5.74, 6) is -2.28. The summed E-state index contributed by atoms with van der Waals surface area (Å²) in [6.07, 6.45) is 7.04. The Kier molecular flexibility index (Phi) is 10.9. The Hall–Kier alpha value is -1.94. The monoisotopic (exact) mass is 418 g/mol. The maximum absolute atomic E-state index is 15.2. The molecule has 30 heavy (non-hydrogen) atoms. The molecule has 0 saturated heterocycles. The predicted octanol–water partition coefficient (Wildman–Crippen LogP) is 8.12. The molecular weight excluding hydrogens is 382 g/mol. The minimum absolute atomic E-state index is 0.157. The van der Waals surface area contributed by atoms with Crippen molar-refractivity contribution in [2.24, 2.45) is 0 Å². The molecule has 0 amide bonds. The zero-order chi connectivity index (χ0) is 21.7. The largest absolute Gasteiger partial charge is 0.497 e. The molecule has 0 radical (unpaired) electrons. The first kappa shape index (κ1) is 24.3. The van der Waals surface area contributed by atoms with Gasteiger partial charge in [-0.1, -0.05) is 94.3 Å². The number of halogens is 2. The summed E-state index contributed by atoms with van der Waals surface area (Å²) in [6.45, 7) is 2.35. The highest BCUT2D eigenvalue weighted by Crippen LogP contribution is 2.39. The van der Waals surface area contributed by atoms with E-state index in [2.05, 4.69) is 6.92 Å². The van der Waals surface area contributed by atoms with Crippen LogP contribution in [0.4, 0.5) is 8.78 Å². The van der Waals surface area contributed by atoms with E-state index in [1.807, 2.05) is 30.3 Å². The molecule has 2 rings (SSSR count). The van der Waals surface area contributed by atoms with E-state index in [1.54, 1.807) is 31.4 Å². The molecule has 0 saturated carbocycles. The van der Waals surface area contributed by atoms with Crippen molar-refractivity contribution in [3.63, 3.8) is 0 Å². The highest BCUT2D eigenvalue weighted by atomic mass is 19.3. The SMILES string of the molecule is CCCCCCCCCCC(F)(F)C(OCc1ccccc1)c1ccc(OC)cc1. The topological polar surface area (TPSA) is 18.5 Å². The van der Waals surface area contributed by atoms with E-state index in [-0.39, 0.29) is 13.0 Å². The molecule has 4 heteroatoms. The molecule has 1 unspecified atom stereocenters. The molecule has 166 valence electrons. The minimum atomic E-state index is -2.93. The van der Waals surface area contributed by atoms with Crippen LogP contribution in [0.5, 0.6) is 5.75 Å². The van der Waals surface area contributed by atoms with E-state index < -0.39 is 12.0 Å². The third-order valence-electron chi connectivity index (χ3n) is 5.43. The van der Waals surface area contributed by atoms with E-state index in [1.165, 1.54) is 25.7 Å². The van der Waals surface area contributed by atoms with Crippen LogP contribution >= 0.6 is 0 Å². The number of rotatable bonds is 15. The van der Waals surface area contributed by atoms with Crippen molar-refractivity contribution in [3.8, 4) is 5.75 Å². The Balaban J connectivity index is 1.94. The highest BCUT2D eigenvalue weighted by molar-refractivity contribution is 5.29. The second-order valence-corrected chi connectivity index (χ2v) is 7.94. The van der Waals surface area contributed by atoms with Crippen LogP contribution in [0.15, 0.2) is 54.6 Å². The standard InChI is InChI=1S/C26H36F2O2/c1-3-4-5-6-7-8-9-13-20-26(27,28)25(23-16-18-24(29-2)19-17-23)30-21-22-14-11-10-12-15-22/h10-12,14-19,25H,3-9,13,20-21H2,1-2H3. The number of unbranched alkanes of at least 4 members (excludes halogenated alkanes) is 7. The van der Waals surface area contributed by atoms with Gasteiger partial charge >= 0.3 is 0 Å². The first-order valence-electron chi connectivity index (χ1n) is 11.2. The Morgan fingerprint density at radius 3 is 2.00 bits per heavy atom. The fourth-order valence-electron chi connectivity index (χ4n) is 3.62. The predicted molar refractivity (Wildman–Crippen MR) is 119 cm³/mol. The maximum Gasteiger partial charge on any atom is 0.277 e. The lowest BCUT2D eigenvalue weighted by molar-refractivity contribution is -0.151. The van der Waals surface area contributed by atoms with Gasteiger partial charge in [0.2, 0.25) is 0 Å². The maximum atomic E-state index is 15.2. The molecule has 2 aromatic rings. The second-order valence-electron chi connectivity index (χ2n) is 7.94. The summed E-state index contributed by atoms with van der Waals surface area (Å²) >= 11 is 0. The lowest BCUT2D eigenvalue weighted by Gasteiger charge is -2.28. The Morgan fingerprint density at radius 2 is 1.40 bits per heavy atom. The second kappa shape index (κ2) is 13.4. The first-order valence-corrected chi connectivity index (χ1v) is 11.2. The number of hydrogen-bond donors (Lipinski definition) is 0. The van der Waals surface area contributed by atoms with E-state index in [4.69, 9.17) is 9.47 Å². The van der Waals surface area contributed by atoms with Crippen LogP contribution in [0.1, 0.15) is 81.9 Å². The average molecular weight is 419 g/mol. The molecule has 2 aromatic carbocycles. The number of ether oxygens (including phenoxy) is 2. The number of methoxy groups -OCH3 is 1. The third-order valence-corrected chi connectivity index (χ3v) is 5.43. The third kappa shape index (κ3) is 8.43. The molecule has 0 N–H and O–H groups in total. The van der Waals surface area contributed by atoms with Crippen molar-refractivity contribution in [1.82, 2.24) is 0 Å². The van der Waals surface area contributed by atoms with Crippen LogP contribution < -0.4 is 4.74 Å². The van der Waals surface area contributed by atoms with Crippen LogP contribution in [0.2, 0.25) is 0 Å². The quantitative estimate of drug-likeness (QED) is 0.272. The van der Waals surface area contributed by atoms with Crippen molar-refractivity contribution >= 4 is 0 Å². The molecule has 0 heterocycles. The fraction of sp³-hybridized carbons (Fsp3) is 0.538. The average Bonchev–Trinajstić information content (AvgIpc) is 2.76. The van der Waals surface area contributed by atoms with Gasteiger partial charge in [-0.2, -0.15) is 0 Å². The van der Waals surface area contributed by atoms with Crippen molar-refractivity contribution in [3.05, 3.63) is 65.7 Å². The fourth-order valence-corrected chi connectivity index (χ4v) is 3.62. The normalized spacial score (nSPS) is 12.7. The van der Waals surface area contributed by atoms with Gasteiger partial charge in [-0.15, -0.1) is 0 Å². The molecule has 0 bridgehead atoms. The summed E-state index contributed by atoms with van der Waals surface area (Å²) < 4.78 is 41.3. The summed E-state index contributed by atoms with van der Waals surface area (Å²) in [4.78, 5) is 0. The molecule has 0 aromatic heterocycles. The van der Waals surface area contributed by atoms with Crippen LogP contribution in [0, 0.1) is 0 Å². The first-order chi connectivity index (χ1) is 14.6. The van der Waals surface area contributed by atoms with Gasteiger partial charge in [0.05, 0.1) is 13.7 Å². The van der Waals surface area contributed by atoms with Gasteiger partial charge in [0.1, 0.15) is 11.9 Å². The van der Waals surface area contributed by atoms with Gasteiger partial charge in [0.25, 0.3) is 5.92 Å². The van der Waals surface area contributed by atoms with Crippen molar-refractivity contribution in [1.29, 1.82) is 0 Å².